The minimum absolute atomic E-state index is 0.576. The van der Waals surface area contributed by atoms with Gasteiger partial charge in [-0.05, 0) is 69.8 Å². The minimum Gasteiger partial charge on any atom is -0.208 e. The molecule has 4 aliphatic heterocycles. The summed E-state index contributed by atoms with van der Waals surface area (Å²) in [7, 11) is 0. The molecule has 0 atom stereocenters. The molecule has 0 radical (unpaired) electrons. The van der Waals surface area contributed by atoms with Gasteiger partial charge >= 0.3 is 0 Å². The van der Waals surface area contributed by atoms with Gasteiger partial charge in [0.1, 0.15) is 0 Å². The van der Waals surface area contributed by atoms with Crippen molar-refractivity contribution < 1.29 is 0 Å². The van der Waals surface area contributed by atoms with Gasteiger partial charge in [0.15, 0.2) is 35.0 Å². The Balaban J connectivity index is 0.978. The lowest BCUT2D eigenvalue weighted by Crippen LogP contribution is -2.04. The Bertz CT molecular complexity index is 3470. The van der Waals surface area contributed by atoms with Crippen molar-refractivity contribution in [2.45, 2.75) is 63.9 Å². The Morgan fingerprint density at radius 2 is 0.333 bits per heavy atom. The molecule has 4 aliphatic rings. The monoisotopic (exact) mass is 1120 g/mol. The van der Waals surface area contributed by atoms with Gasteiger partial charge in [0.25, 0.3) is 0 Å². The van der Waals surface area contributed by atoms with Crippen LogP contribution in [0.1, 0.15) is 66.8 Å². The molecule has 0 N–H and O–H groups in total. The quantitative estimate of drug-likeness (QED) is 0.0797. The molecule has 13 rings (SSSR count). The molecule has 0 unspecified atom stereocenters. The van der Waals surface area contributed by atoms with Gasteiger partial charge < -0.3 is 0 Å². The fourth-order valence-electron chi connectivity index (χ4n) is 9.35. The Hall–Kier alpha value is -6.90. The number of nitrogens with zero attached hydrogens (tertiary/aromatic N) is 6. The third-order valence-electron chi connectivity index (χ3n) is 13.4. The predicted octanol–water partition coefficient (Wildman–Crippen LogP) is 17.4. The number of fused-ring (bicyclic) bond motifs is 12. The molecule has 12 heteroatoms. The summed E-state index contributed by atoms with van der Waals surface area (Å²) in [5, 5.41) is 0. The van der Waals surface area contributed by atoms with Gasteiger partial charge in [0.2, 0.25) is 0 Å². The SMILES string of the molecule is c1ccc(CSc2cc3c(cc2SCc2ccccc2)C2=NC4=NC(=NC5=NC(=NC3=N2)c2cc(SCc3ccccc3)c(SCc3ccccc3)cc25)c2cc(SCc3ccccc3)c(SCc3ccccc3)cc24)cc1. The van der Waals surface area contributed by atoms with Gasteiger partial charge in [-0.25, -0.2) is 30.0 Å². The van der Waals surface area contributed by atoms with E-state index in [4.69, 9.17) is 30.0 Å². The van der Waals surface area contributed by atoms with Crippen LogP contribution in [0.3, 0.4) is 0 Å². The van der Waals surface area contributed by atoms with E-state index in [2.05, 4.69) is 218 Å². The van der Waals surface area contributed by atoms with Gasteiger partial charge in [0.05, 0.1) is 0 Å². The molecule has 78 heavy (non-hydrogen) atoms. The summed E-state index contributed by atoms with van der Waals surface area (Å²) in [6.45, 7) is 0. The number of thioether (sulfide) groups is 6. The number of amidine groups is 6. The molecule has 0 fully saturated rings. The van der Waals surface area contributed by atoms with Crippen molar-refractivity contribution in [2.24, 2.45) is 30.0 Å². The van der Waals surface area contributed by atoms with E-state index in [1.54, 1.807) is 0 Å². The second kappa shape index (κ2) is 23.6. The van der Waals surface area contributed by atoms with Crippen LogP contribution in [0, 0.1) is 0 Å². The largest absolute Gasteiger partial charge is 0.208 e. The van der Waals surface area contributed by atoms with Crippen molar-refractivity contribution in [3.8, 4) is 0 Å². The summed E-state index contributed by atoms with van der Waals surface area (Å²) >= 11 is 11.1. The molecular formula is C66H48N6S6. The molecule has 0 saturated heterocycles. The summed E-state index contributed by atoms with van der Waals surface area (Å²) in [6, 6.07) is 77.8. The van der Waals surface area contributed by atoms with Gasteiger partial charge in [-0.3, -0.25) is 0 Å². The first-order valence-electron chi connectivity index (χ1n) is 25.7. The number of hydrogen-bond donors (Lipinski definition) is 0. The van der Waals surface area contributed by atoms with E-state index >= 15 is 0 Å². The van der Waals surface area contributed by atoms with Crippen LogP contribution in [0.25, 0.3) is 0 Å². The highest BCUT2D eigenvalue weighted by molar-refractivity contribution is 8.02. The van der Waals surface area contributed by atoms with Crippen LogP contribution < -0.4 is 0 Å². The zero-order valence-corrected chi connectivity index (χ0v) is 47.1. The highest BCUT2D eigenvalue weighted by atomic mass is 32.2. The summed E-state index contributed by atoms with van der Waals surface area (Å²) in [4.78, 5) is 39.7. The molecule has 6 nitrogen and oxygen atoms in total. The third kappa shape index (κ3) is 11.5. The topological polar surface area (TPSA) is 74.2 Å². The average molecular weight is 1120 g/mol. The molecule has 6 bridgehead atoms. The van der Waals surface area contributed by atoms with E-state index in [1.807, 2.05) is 70.6 Å². The maximum atomic E-state index is 5.48. The maximum absolute atomic E-state index is 5.48. The standard InChI is InChI=1S/C66H48N6S6/c1-7-19-43(20-8-1)37-73-55-31-49-50(32-56(55)74-38-44-21-9-2-10-22-44)62-67-61(49)70-63-51-33-57(75-39-45-23-11-3-12-24-45)58(76-40-46-25-13-4-14-26-46)34-52(51)65(68-63)72-66-54-36-60(78-42-48-29-17-6-18-30-48)59(35-53(54)64(69-66)71-62)77-41-47-27-15-5-16-28-47/h1-36H,37-42H2. The van der Waals surface area contributed by atoms with E-state index in [0.29, 0.717) is 35.0 Å². The number of rotatable bonds is 18. The van der Waals surface area contributed by atoms with Gasteiger partial charge in [-0.15, -0.1) is 70.6 Å². The zero-order chi connectivity index (χ0) is 52.0. The fraction of sp³-hybridized carbons (Fsp3) is 0.0909. The van der Waals surface area contributed by atoms with Crippen molar-refractivity contribution in [3.63, 3.8) is 0 Å². The fourth-order valence-corrected chi connectivity index (χ4v) is 15.9. The van der Waals surface area contributed by atoms with Crippen LogP contribution in [0.15, 0.2) is 278 Å². The van der Waals surface area contributed by atoms with Crippen LogP contribution in [-0.2, 0) is 34.5 Å². The van der Waals surface area contributed by atoms with Gasteiger partial charge in [0, 0.05) is 97.3 Å². The molecule has 0 spiro atoms. The summed E-state index contributed by atoms with van der Waals surface area (Å²) in [5.74, 6) is 8.37. The van der Waals surface area contributed by atoms with Crippen LogP contribution in [0.4, 0.5) is 0 Å². The first-order valence-corrected chi connectivity index (χ1v) is 31.6. The second-order valence-corrected chi connectivity index (χ2v) is 24.9. The number of aliphatic imine (C=N–C) groups is 6. The molecule has 0 saturated carbocycles. The van der Waals surface area contributed by atoms with Crippen molar-refractivity contribution in [1.29, 1.82) is 0 Å². The normalized spacial score (nSPS) is 13.7. The van der Waals surface area contributed by atoms with E-state index in [0.717, 1.165) is 67.9 Å². The predicted molar refractivity (Wildman–Crippen MR) is 335 cm³/mol. The summed E-state index contributed by atoms with van der Waals surface area (Å²) in [5.41, 5.74) is 13.1. The summed E-state index contributed by atoms with van der Waals surface area (Å²) < 4.78 is 0. The first-order chi connectivity index (χ1) is 38.6. The number of hydrogen-bond acceptors (Lipinski definition) is 12. The van der Waals surface area contributed by atoms with E-state index in [1.165, 1.54) is 62.8 Å². The average Bonchev–Trinajstić information content (AvgIpc) is 4.18. The molecule has 0 amide bonds. The lowest BCUT2D eigenvalue weighted by Gasteiger charge is -2.13. The Labute approximate surface area is 480 Å². The van der Waals surface area contributed by atoms with E-state index < -0.39 is 0 Å². The molecule has 9 aromatic carbocycles. The zero-order valence-electron chi connectivity index (χ0n) is 42.2. The second-order valence-electron chi connectivity index (χ2n) is 18.8. The smallest absolute Gasteiger partial charge is 0.164 e. The number of benzene rings is 9. The van der Waals surface area contributed by atoms with Crippen molar-refractivity contribution in [1.82, 2.24) is 0 Å². The molecule has 4 heterocycles. The van der Waals surface area contributed by atoms with Crippen molar-refractivity contribution in [3.05, 3.63) is 285 Å². The van der Waals surface area contributed by atoms with E-state index in [9.17, 15) is 0 Å². The third-order valence-corrected chi connectivity index (χ3v) is 20.5. The van der Waals surface area contributed by atoms with Crippen LogP contribution in [-0.4, -0.2) is 35.0 Å². The highest BCUT2D eigenvalue weighted by Gasteiger charge is 2.33. The molecule has 9 aromatic rings. The summed E-state index contributed by atoms with van der Waals surface area (Å²) in [6.07, 6.45) is 0. The van der Waals surface area contributed by atoms with Gasteiger partial charge in [-0.2, -0.15) is 0 Å². The van der Waals surface area contributed by atoms with Crippen LogP contribution >= 0.6 is 70.6 Å². The van der Waals surface area contributed by atoms with Crippen molar-refractivity contribution >= 4 is 106 Å². The molecule has 0 aliphatic carbocycles. The maximum Gasteiger partial charge on any atom is 0.164 e. The lowest BCUT2D eigenvalue weighted by atomic mass is 10.1. The Kier molecular flexibility index (Phi) is 15.3. The molecular weight excluding hydrogens is 1070 g/mol. The van der Waals surface area contributed by atoms with Crippen LogP contribution in [0.5, 0.6) is 0 Å². The highest BCUT2D eigenvalue weighted by Crippen LogP contribution is 2.44. The van der Waals surface area contributed by atoms with Crippen molar-refractivity contribution in [2.75, 3.05) is 0 Å². The Morgan fingerprint density at radius 1 is 0.192 bits per heavy atom. The molecule has 0 aromatic heterocycles. The van der Waals surface area contributed by atoms with Gasteiger partial charge in [-0.1, -0.05) is 182 Å². The minimum atomic E-state index is 0.576. The lowest BCUT2D eigenvalue weighted by molar-refractivity contribution is 1.21. The first kappa shape index (κ1) is 50.6. The van der Waals surface area contributed by atoms with E-state index in [-0.39, 0.29) is 0 Å². The van der Waals surface area contributed by atoms with Crippen LogP contribution in [0.2, 0.25) is 0 Å². The Morgan fingerprint density at radius 3 is 0.474 bits per heavy atom. The molecule has 378 valence electrons.